The summed E-state index contributed by atoms with van der Waals surface area (Å²) in [4.78, 5) is 13.2. The molecule has 5 aliphatic rings. The lowest BCUT2D eigenvalue weighted by atomic mass is 9.53. The molecule has 1 heterocycles. The van der Waals surface area contributed by atoms with Gasteiger partial charge < -0.3 is 10.1 Å². The summed E-state index contributed by atoms with van der Waals surface area (Å²) in [5, 5.41) is 3.19. The van der Waals surface area contributed by atoms with Gasteiger partial charge in [0, 0.05) is 24.8 Å². The summed E-state index contributed by atoms with van der Waals surface area (Å²) in [6.07, 6.45) is 11.7. The van der Waals surface area contributed by atoms with E-state index >= 15 is 0 Å². The van der Waals surface area contributed by atoms with Gasteiger partial charge in [-0.3, -0.25) is 4.79 Å². The zero-order valence-electron chi connectivity index (χ0n) is 19.9. The van der Waals surface area contributed by atoms with Crippen molar-refractivity contribution in [3.05, 3.63) is 52.6 Å². The third kappa shape index (κ3) is 2.79. The van der Waals surface area contributed by atoms with Crippen LogP contribution in [0.15, 0.2) is 47.1 Å². The van der Waals surface area contributed by atoms with Crippen LogP contribution < -0.4 is 5.32 Å². The Bertz CT molecular complexity index is 996. The van der Waals surface area contributed by atoms with Crippen LogP contribution in [0.1, 0.15) is 76.7 Å². The molecule has 0 bridgehead atoms. The van der Waals surface area contributed by atoms with Gasteiger partial charge in [-0.05, 0) is 104 Å². The Morgan fingerprint density at radius 2 is 1.94 bits per heavy atom. The molecule has 32 heavy (non-hydrogen) atoms. The van der Waals surface area contributed by atoms with E-state index in [9.17, 15) is 4.79 Å². The highest BCUT2D eigenvalue weighted by atomic mass is 16.5. The van der Waals surface area contributed by atoms with Crippen LogP contribution in [0.25, 0.3) is 0 Å². The summed E-state index contributed by atoms with van der Waals surface area (Å²) in [5.41, 5.74) is 7.34. The van der Waals surface area contributed by atoms with Crippen molar-refractivity contribution < 1.29 is 9.53 Å². The van der Waals surface area contributed by atoms with Gasteiger partial charge in [-0.15, -0.1) is 0 Å². The molecule has 1 N–H and O–H groups in total. The highest BCUT2D eigenvalue weighted by Gasteiger charge is 2.63. The predicted molar refractivity (Wildman–Crippen MR) is 129 cm³/mol. The predicted octanol–water partition coefficient (Wildman–Crippen LogP) is 6.42. The number of carbonyl (C=O) groups is 1. The lowest BCUT2D eigenvalue weighted by Gasteiger charge is -2.53. The molecule has 1 aromatic carbocycles. The first kappa shape index (κ1) is 20.7. The van der Waals surface area contributed by atoms with Gasteiger partial charge in [-0.1, -0.05) is 31.6 Å². The fourth-order valence-electron chi connectivity index (χ4n) is 8.43. The summed E-state index contributed by atoms with van der Waals surface area (Å²) in [6, 6.07) is 8.46. The second-order valence-corrected chi connectivity index (χ2v) is 11.4. The van der Waals surface area contributed by atoms with E-state index < -0.39 is 0 Å². The van der Waals surface area contributed by atoms with Crippen molar-refractivity contribution >= 4 is 11.5 Å². The van der Waals surface area contributed by atoms with Gasteiger partial charge in [0.15, 0.2) is 5.78 Å². The summed E-state index contributed by atoms with van der Waals surface area (Å²) >= 11 is 0. The molecule has 0 amide bonds. The molecule has 2 saturated carbocycles. The highest BCUT2D eigenvalue weighted by molar-refractivity contribution is 5.98. The summed E-state index contributed by atoms with van der Waals surface area (Å²) in [6.45, 7) is 5.88. The number of fused-ring (bicyclic) bond motifs is 5. The number of benzene rings is 1. The van der Waals surface area contributed by atoms with Gasteiger partial charge in [0.2, 0.25) is 0 Å². The molecule has 1 spiro atoms. The molecule has 3 fully saturated rings. The van der Waals surface area contributed by atoms with E-state index in [1.807, 2.05) is 13.1 Å². The van der Waals surface area contributed by atoms with Crippen LogP contribution in [-0.4, -0.2) is 25.0 Å². The van der Waals surface area contributed by atoms with Crippen molar-refractivity contribution in [3.8, 4) is 0 Å². The molecule has 0 radical (unpaired) electrons. The number of rotatable bonds is 2. The van der Waals surface area contributed by atoms with Gasteiger partial charge in [-0.2, -0.15) is 0 Å². The first-order valence-electron chi connectivity index (χ1n) is 12.9. The SMILES string of the molecule is CNc1ccc(C2CC3=C4CC[C@@]5(C)[C@@H](CCC56CCCO6)[C@@H]4CC(C)C3=CC2=O)cc1. The van der Waals surface area contributed by atoms with Crippen molar-refractivity contribution in [2.24, 2.45) is 23.2 Å². The van der Waals surface area contributed by atoms with Gasteiger partial charge in [-0.25, -0.2) is 0 Å². The van der Waals surface area contributed by atoms with Crippen LogP contribution in [0.5, 0.6) is 0 Å². The van der Waals surface area contributed by atoms with E-state index in [4.69, 9.17) is 4.74 Å². The van der Waals surface area contributed by atoms with Gasteiger partial charge >= 0.3 is 0 Å². The Kier molecular flexibility index (Phi) is 4.74. The fraction of sp³-hybridized carbons (Fsp3) is 0.621. The van der Waals surface area contributed by atoms with E-state index in [-0.39, 0.29) is 11.5 Å². The third-order valence-corrected chi connectivity index (χ3v) is 10.2. The van der Waals surface area contributed by atoms with E-state index in [1.54, 1.807) is 11.1 Å². The average molecular weight is 432 g/mol. The first-order chi connectivity index (χ1) is 15.5. The molecule has 3 nitrogen and oxygen atoms in total. The third-order valence-electron chi connectivity index (χ3n) is 10.2. The molecular weight excluding hydrogens is 394 g/mol. The number of ether oxygens (including phenoxy) is 1. The number of hydrogen-bond acceptors (Lipinski definition) is 3. The first-order valence-corrected chi connectivity index (χ1v) is 12.9. The average Bonchev–Trinajstić information content (AvgIpc) is 3.40. The van der Waals surface area contributed by atoms with E-state index in [0.29, 0.717) is 23.0 Å². The molecular formula is C29H37NO2. The van der Waals surface area contributed by atoms with Crippen molar-refractivity contribution in [1.82, 2.24) is 0 Å². The molecule has 3 heteroatoms. The van der Waals surface area contributed by atoms with E-state index in [2.05, 4.69) is 43.4 Å². The molecule has 1 saturated heterocycles. The molecule has 3 unspecified atom stereocenters. The standard InChI is InChI=1S/C29H37NO2/c1-18-15-25-21(9-12-28(2)26(25)10-13-29(28)11-4-14-32-29)24-16-23(27(31)17-22(18)24)19-5-7-20(30-3)8-6-19/h5-8,17-18,23,25-26,30H,4,9-16H2,1-3H3/t18?,23?,25-,26+,28+,29?/m1/s1. The lowest BCUT2D eigenvalue weighted by Crippen LogP contribution is -2.49. The maximum atomic E-state index is 13.2. The minimum absolute atomic E-state index is 0.0282. The molecule has 6 atom stereocenters. The second-order valence-electron chi connectivity index (χ2n) is 11.4. The Morgan fingerprint density at radius 1 is 1.12 bits per heavy atom. The summed E-state index contributed by atoms with van der Waals surface area (Å²) < 4.78 is 6.52. The van der Waals surface area contributed by atoms with Crippen LogP contribution in [0.4, 0.5) is 5.69 Å². The minimum atomic E-state index is -0.0282. The van der Waals surface area contributed by atoms with Crippen LogP contribution in [0.3, 0.4) is 0 Å². The Hall–Kier alpha value is -1.87. The Balaban J connectivity index is 1.37. The summed E-state index contributed by atoms with van der Waals surface area (Å²) in [5.74, 6) is 2.18. The highest BCUT2D eigenvalue weighted by Crippen LogP contribution is 2.67. The number of nitrogens with one attached hydrogen (secondary N) is 1. The Morgan fingerprint density at radius 3 is 2.66 bits per heavy atom. The monoisotopic (exact) mass is 431 g/mol. The largest absolute Gasteiger partial charge is 0.388 e. The van der Waals surface area contributed by atoms with Crippen molar-refractivity contribution in [3.63, 3.8) is 0 Å². The quantitative estimate of drug-likeness (QED) is 0.587. The summed E-state index contributed by atoms with van der Waals surface area (Å²) in [7, 11) is 1.94. The second kappa shape index (κ2) is 7.32. The number of ketones is 1. The topological polar surface area (TPSA) is 38.3 Å². The molecule has 1 aromatic rings. The number of carbonyl (C=O) groups excluding carboxylic acids is 1. The van der Waals surface area contributed by atoms with Crippen LogP contribution >= 0.6 is 0 Å². The van der Waals surface area contributed by atoms with E-state index in [1.165, 1.54) is 50.5 Å². The minimum Gasteiger partial charge on any atom is -0.388 e. The van der Waals surface area contributed by atoms with E-state index in [0.717, 1.165) is 30.2 Å². The van der Waals surface area contributed by atoms with Gasteiger partial charge in [0.25, 0.3) is 0 Å². The normalized spacial score (nSPS) is 40.7. The smallest absolute Gasteiger partial charge is 0.163 e. The van der Waals surface area contributed by atoms with Crippen molar-refractivity contribution in [1.29, 1.82) is 0 Å². The number of allylic oxidation sites excluding steroid dienone is 4. The number of hydrogen-bond donors (Lipinski definition) is 1. The van der Waals surface area contributed by atoms with Crippen LogP contribution in [-0.2, 0) is 9.53 Å². The van der Waals surface area contributed by atoms with Crippen LogP contribution in [0, 0.1) is 23.2 Å². The van der Waals surface area contributed by atoms with Crippen molar-refractivity contribution in [2.45, 2.75) is 76.7 Å². The molecule has 1 aliphatic heterocycles. The fourth-order valence-corrected chi connectivity index (χ4v) is 8.43. The maximum absolute atomic E-state index is 13.2. The van der Waals surface area contributed by atoms with Gasteiger partial charge in [0.05, 0.1) is 11.5 Å². The molecule has 170 valence electrons. The van der Waals surface area contributed by atoms with Crippen molar-refractivity contribution in [2.75, 3.05) is 19.0 Å². The van der Waals surface area contributed by atoms with Gasteiger partial charge in [0.1, 0.15) is 0 Å². The molecule has 6 rings (SSSR count). The molecule has 4 aliphatic carbocycles. The maximum Gasteiger partial charge on any atom is 0.163 e. The molecule has 0 aromatic heterocycles. The zero-order chi connectivity index (χ0) is 22.1. The Labute approximate surface area is 192 Å². The zero-order valence-corrected chi connectivity index (χ0v) is 19.9. The van der Waals surface area contributed by atoms with Crippen LogP contribution in [0.2, 0.25) is 0 Å². The number of anilines is 1. The lowest BCUT2D eigenvalue weighted by molar-refractivity contribution is -0.116.